The summed E-state index contributed by atoms with van der Waals surface area (Å²) in [7, 11) is 0. The van der Waals surface area contributed by atoms with E-state index in [1.54, 1.807) is 35.8 Å². The molecule has 2 amide bonds. The van der Waals surface area contributed by atoms with Crippen molar-refractivity contribution in [2.75, 3.05) is 10.6 Å². The molecule has 0 aliphatic rings. The first-order chi connectivity index (χ1) is 15.5. The molecule has 160 valence electrons. The van der Waals surface area contributed by atoms with Crippen molar-refractivity contribution in [2.45, 2.75) is 13.3 Å². The van der Waals surface area contributed by atoms with Crippen molar-refractivity contribution in [1.82, 2.24) is 15.4 Å². The van der Waals surface area contributed by atoms with Gasteiger partial charge in [0.2, 0.25) is 5.91 Å². The Morgan fingerprint density at radius 1 is 0.938 bits per heavy atom. The normalized spacial score (nSPS) is 10.6. The van der Waals surface area contributed by atoms with Crippen LogP contribution in [0.4, 0.5) is 17.2 Å². The Labute approximate surface area is 184 Å². The number of nitrogens with zero attached hydrogens (tertiary/aromatic N) is 2. The molecule has 8 heteroatoms. The predicted octanol–water partition coefficient (Wildman–Crippen LogP) is 3.98. The van der Waals surface area contributed by atoms with Crippen molar-refractivity contribution in [2.24, 2.45) is 0 Å². The number of nitrogens with one attached hydrogen (secondary N) is 3. The Balaban J connectivity index is 1.50. The fourth-order valence-corrected chi connectivity index (χ4v) is 3.32. The van der Waals surface area contributed by atoms with Crippen LogP contribution in [0.15, 0.2) is 73.1 Å². The molecule has 0 saturated heterocycles. The van der Waals surface area contributed by atoms with E-state index in [0.29, 0.717) is 17.1 Å². The minimum Gasteiger partial charge on any atom is -0.340 e. The van der Waals surface area contributed by atoms with Crippen LogP contribution in [-0.4, -0.2) is 27.0 Å². The Bertz CT molecular complexity index is 1290. The van der Waals surface area contributed by atoms with Gasteiger partial charge in [-0.2, -0.15) is 0 Å². The van der Waals surface area contributed by atoms with E-state index in [1.165, 1.54) is 6.33 Å². The number of fused-ring (bicyclic) bond motifs is 1. The monoisotopic (exact) mass is 427 g/mol. The molecule has 0 aliphatic heterocycles. The summed E-state index contributed by atoms with van der Waals surface area (Å²) in [5, 5.41) is 15.7. The molecule has 0 spiro atoms. The molecule has 1 heterocycles. The quantitative estimate of drug-likeness (QED) is 0.273. The molecule has 0 atom stereocenters. The summed E-state index contributed by atoms with van der Waals surface area (Å²) >= 11 is 0. The number of rotatable bonds is 6. The summed E-state index contributed by atoms with van der Waals surface area (Å²) in [6.07, 6.45) is 1.64. The largest absolute Gasteiger partial charge is 0.340 e. The second-order valence-corrected chi connectivity index (χ2v) is 7.31. The van der Waals surface area contributed by atoms with Gasteiger partial charge in [0.25, 0.3) is 5.91 Å². The number of anilines is 3. The maximum atomic E-state index is 12.5. The third-order valence-corrected chi connectivity index (χ3v) is 4.88. The van der Waals surface area contributed by atoms with Gasteiger partial charge < -0.3 is 10.6 Å². The molecule has 1 aromatic heterocycles. The van der Waals surface area contributed by atoms with Crippen molar-refractivity contribution in [1.29, 1.82) is 0 Å². The molecule has 0 fully saturated rings. The topological polar surface area (TPSA) is 116 Å². The lowest BCUT2D eigenvalue weighted by Gasteiger charge is -2.11. The van der Waals surface area contributed by atoms with E-state index < -0.39 is 5.91 Å². The van der Waals surface area contributed by atoms with Crippen LogP contribution in [0.3, 0.4) is 0 Å². The molecule has 3 aromatic carbocycles. The Kier molecular flexibility index (Phi) is 6.05. The number of hydrogen-bond acceptors (Lipinski definition) is 6. The summed E-state index contributed by atoms with van der Waals surface area (Å²) < 4.78 is 0. The Hall–Kier alpha value is -4.30. The summed E-state index contributed by atoms with van der Waals surface area (Å²) in [6, 6.07) is 19.9. The number of aryl methyl sites for hydroxylation is 1. The van der Waals surface area contributed by atoms with Gasteiger partial charge >= 0.3 is 0 Å². The highest BCUT2D eigenvalue weighted by atomic mass is 16.5. The van der Waals surface area contributed by atoms with Crippen LogP contribution in [0.25, 0.3) is 10.9 Å². The molecule has 4 rings (SSSR count). The maximum Gasteiger partial charge on any atom is 0.274 e. The standard InChI is InChI=1S/C24H21N5O3/c1-15-3-2-4-18(11-15)28-23-20-13-19(9-10-21(20)25-14-26-23)27-22(30)12-16-5-7-17(8-6-16)24(31)29-32/h2-11,13-14,32H,12H2,1H3,(H,27,30)(H,29,31)(H,25,26,28). The lowest BCUT2D eigenvalue weighted by atomic mass is 10.1. The van der Waals surface area contributed by atoms with E-state index in [1.807, 2.05) is 43.3 Å². The zero-order chi connectivity index (χ0) is 22.5. The average Bonchev–Trinajstić information content (AvgIpc) is 2.79. The first kappa shape index (κ1) is 21.0. The van der Waals surface area contributed by atoms with E-state index in [9.17, 15) is 9.59 Å². The molecule has 4 N–H and O–H groups in total. The van der Waals surface area contributed by atoms with Crippen molar-refractivity contribution in [3.05, 3.63) is 89.7 Å². The van der Waals surface area contributed by atoms with Gasteiger partial charge in [-0.15, -0.1) is 0 Å². The zero-order valence-electron chi connectivity index (χ0n) is 17.3. The van der Waals surface area contributed by atoms with Crippen LogP contribution in [0.2, 0.25) is 0 Å². The van der Waals surface area contributed by atoms with E-state index in [-0.39, 0.29) is 12.3 Å². The number of carbonyl (C=O) groups is 2. The van der Waals surface area contributed by atoms with E-state index in [4.69, 9.17) is 5.21 Å². The van der Waals surface area contributed by atoms with Crippen LogP contribution in [-0.2, 0) is 11.2 Å². The first-order valence-electron chi connectivity index (χ1n) is 9.93. The van der Waals surface area contributed by atoms with Crippen LogP contribution >= 0.6 is 0 Å². The zero-order valence-corrected chi connectivity index (χ0v) is 17.3. The van der Waals surface area contributed by atoms with Crippen molar-refractivity contribution in [3.8, 4) is 0 Å². The molecule has 8 nitrogen and oxygen atoms in total. The van der Waals surface area contributed by atoms with E-state index in [0.717, 1.165) is 27.7 Å². The van der Waals surface area contributed by atoms with E-state index >= 15 is 0 Å². The fourth-order valence-electron chi connectivity index (χ4n) is 3.32. The van der Waals surface area contributed by atoms with Gasteiger partial charge in [0.1, 0.15) is 12.1 Å². The average molecular weight is 427 g/mol. The van der Waals surface area contributed by atoms with Gasteiger partial charge in [0.05, 0.1) is 11.9 Å². The molecule has 0 saturated carbocycles. The van der Waals surface area contributed by atoms with Gasteiger partial charge in [-0.3, -0.25) is 14.8 Å². The predicted molar refractivity (Wildman–Crippen MR) is 122 cm³/mol. The van der Waals surface area contributed by atoms with Crippen molar-refractivity contribution < 1.29 is 14.8 Å². The highest BCUT2D eigenvalue weighted by Gasteiger charge is 2.10. The molecule has 0 bridgehead atoms. The molecule has 0 radical (unpaired) electrons. The summed E-state index contributed by atoms with van der Waals surface area (Å²) in [4.78, 5) is 32.6. The smallest absolute Gasteiger partial charge is 0.274 e. The molecule has 4 aromatic rings. The number of aromatic nitrogens is 2. The number of benzene rings is 3. The minimum atomic E-state index is -0.602. The summed E-state index contributed by atoms with van der Waals surface area (Å²) in [6.45, 7) is 2.02. The Morgan fingerprint density at radius 3 is 2.50 bits per heavy atom. The third-order valence-electron chi connectivity index (χ3n) is 4.88. The molecule has 0 aliphatic carbocycles. The van der Waals surface area contributed by atoms with Gasteiger partial charge in [0.15, 0.2) is 0 Å². The third kappa shape index (κ3) is 4.88. The van der Waals surface area contributed by atoms with Gasteiger partial charge in [0, 0.05) is 22.3 Å². The Morgan fingerprint density at radius 2 is 1.75 bits per heavy atom. The molecular weight excluding hydrogens is 406 g/mol. The number of hydroxylamine groups is 1. The molecular formula is C24H21N5O3. The lowest BCUT2D eigenvalue weighted by Crippen LogP contribution is -2.18. The van der Waals surface area contributed by atoms with Crippen molar-refractivity contribution >= 4 is 39.9 Å². The van der Waals surface area contributed by atoms with Crippen LogP contribution in [0.5, 0.6) is 0 Å². The highest BCUT2D eigenvalue weighted by molar-refractivity contribution is 5.98. The fraction of sp³-hybridized carbons (Fsp3) is 0.0833. The van der Waals surface area contributed by atoms with Gasteiger partial charge in [-0.05, 0) is 60.5 Å². The van der Waals surface area contributed by atoms with Crippen LogP contribution in [0, 0.1) is 6.92 Å². The van der Waals surface area contributed by atoms with Gasteiger partial charge in [-0.25, -0.2) is 15.4 Å². The SMILES string of the molecule is Cc1cccc(Nc2ncnc3ccc(NC(=O)Cc4ccc(C(=O)NO)cc4)cc23)c1. The molecule has 32 heavy (non-hydrogen) atoms. The summed E-state index contributed by atoms with van der Waals surface area (Å²) in [5.74, 6) is -0.155. The highest BCUT2D eigenvalue weighted by Crippen LogP contribution is 2.26. The lowest BCUT2D eigenvalue weighted by molar-refractivity contribution is -0.115. The first-order valence-corrected chi connectivity index (χ1v) is 9.93. The maximum absolute atomic E-state index is 12.5. The van der Waals surface area contributed by atoms with Gasteiger partial charge in [-0.1, -0.05) is 24.3 Å². The summed E-state index contributed by atoms with van der Waals surface area (Å²) in [5.41, 5.74) is 6.05. The second kappa shape index (κ2) is 9.23. The number of carbonyl (C=O) groups excluding carboxylic acids is 2. The van der Waals surface area contributed by atoms with Crippen LogP contribution < -0.4 is 16.1 Å². The second-order valence-electron chi connectivity index (χ2n) is 7.31. The van der Waals surface area contributed by atoms with Crippen molar-refractivity contribution in [3.63, 3.8) is 0 Å². The number of hydrogen-bond donors (Lipinski definition) is 4. The number of amides is 2. The van der Waals surface area contributed by atoms with Crippen LogP contribution in [0.1, 0.15) is 21.5 Å². The minimum absolute atomic E-state index is 0.138. The van der Waals surface area contributed by atoms with E-state index in [2.05, 4.69) is 20.6 Å². The molecule has 0 unspecified atom stereocenters.